The number of hydrogen-bond donors (Lipinski definition) is 2. The number of nitrogens with zero attached hydrogens (tertiary/aromatic N) is 2. The minimum atomic E-state index is -0.656. The molecule has 6 heteroatoms. The number of amides is 2. The van der Waals surface area contributed by atoms with Gasteiger partial charge in [-0.15, -0.1) is 0 Å². The second kappa shape index (κ2) is 6.81. The molecule has 2 heterocycles. The van der Waals surface area contributed by atoms with Crippen molar-refractivity contribution in [3.8, 4) is 0 Å². The highest BCUT2D eigenvalue weighted by Crippen LogP contribution is 2.26. The minimum absolute atomic E-state index is 0.0734. The Kier molecular flexibility index (Phi) is 5.03. The van der Waals surface area contributed by atoms with E-state index in [9.17, 15) is 9.59 Å². The highest BCUT2D eigenvalue weighted by atomic mass is 16.2. The smallest absolute Gasteiger partial charge is 0.313 e. The molecule has 1 fully saturated rings. The van der Waals surface area contributed by atoms with Crippen molar-refractivity contribution in [1.29, 1.82) is 0 Å². The summed E-state index contributed by atoms with van der Waals surface area (Å²) in [5, 5.41) is 2.60. The fourth-order valence-corrected chi connectivity index (χ4v) is 2.86. The summed E-state index contributed by atoms with van der Waals surface area (Å²) in [6.07, 6.45) is 3.32. The van der Waals surface area contributed by atoms with Crippen LogP contribution in [0.2, 0.25) is 0 Å². The van der Waals surface area contributed by atoms with Gasteiger partial charge in [0.1, 0.15) is 5.82 Å². The zero-order valence-corrected chi connectivity index (χ0v) is 13.9. The van der Waals surface area contributed by atoms with Crippen LogP contribution < -0.4 is 11.1 Å². The third kappa shape index (κ3) is 3.88. The summed E-state index contributed by atoms with van der Waals surface area (Å²) in [5.74, 6) is -0.403. The van der Waals surface area contributed by atoms with E-state index < -0.39 is 11.8 Å². The second-order valence-electron chi connectivity index (χ2n) is 6.38. The number of nitrogens with two attached hydrogens (primary N) is 1. The normalized spacial score (nSPS) is 20.9. The van der Waals surface area contributed by atoms with Crippen LogP contribution in [-0.2, 0) is 9.59 Å². The average Bonchev–Trinajstić information content (AvgIpc) is 2.49. The van der Waals surface area contributed by atoms with Crippen LogP contribution in [0.1, 0.15) is 32.3 Å². The molecule has 23 heavy (non-hydrogen) atoms. The van der Waals surface area contributed by atoms with E-state index in [1.54, 1.807) is 17.9 Å². The Balaban J connectivity index is 2.12. The van der Waals surface area contributed by atoms with E-state index in [-0.39, 0.29) is 6.04 Å². The van der Waals surface area contributed by atoms with Crippen molar-refractivity contribution in [3.05, 3.63) is 30.0 Å². The first-order valence-electron chi connectivity index (χ1n) is 7.79. The standard InChI is InChI=1S/C17H24N4O2/c1-10(2)14-6-5-11(3)9-21(14)17(23)16(22)20-13-7-12(4)15(18)19-8-13/h7-8,11,14H,1,5-6,9H2,2-4H3,(H2,18,19)(H,20,22)/t11-,14+/m1/s1. The molecule has 1 saturated heterocycles. The number of aryl methyl sites for hydroxylation is 1. The minimum Gasteiger partial charge on any atom is -0.383 e. The molecular formula is C17H24N4O2. The summed E-state index contributed by atoms with van der Waals surface area (Å²) in [5.41, 5.74) is 7.78. The Morgan fingerprint density at radius 3 is 2.74 bits per heavy atom. The molecule has 0 aromatic carbocycles. The van der Waals surface area contributed by atoms with Gasteiger partial charge >= 0.3 is 11.8 Å². The molecular weight excluding hydrogens is 292 g/mol. The summed E-state index contributed by atoms with van der Waals surface area (Å²) >= 11 is 0. The van der Waals surface area contributed by atoms with E-state index in [0.717, 1.165) is 24.0 Å². The van der Waals surface area contributed by atoms with Crippen molar-refractivity contribution in [2.45, 2.75) is 39.7 Å². The highest BCUT2D eigenvalue weighted by Gasteiger charge is 2.33. The fraction of sp³-hybridized carbons (Fsp3) is 0.471. The van der Waals surface area contributed by atoms with Crippen LogP contribution >= 0.6 is 0 Å². The van der Waals surface area contributed by atoms with E-state index >= 15 is 0 Å². The third-order valence-corrected chi connectivity index (χ3v) is 4.22. The van der Waals surface area contributed by atoms with Gasteiger partial charge in [0.2, 0.25) is 0 Å². The lowest BCUT2D eigenvalue weighted by atomic mass is 9.91. The Labute approximate surface area is 136 Å². The molecule has 0 spiro atoms. The summed E-state index contributed by atoms with van der Waals surface area (Å²) in [7, 11) is 0. The molecule has 2 amide bonds. The Hall–Kier alpha value is -2.37. The summed E-state index contributed by atoms with van der Waals surface area (Å²) < 4.78 is 0. The topological polar surface area (TPSA) is 88.3 Å². The first-order chi connectivity index (χ1) is 10.8. The van der Waals surface area contributed by atoms with Crippen molar-refractivity contribution < 1.29 is 9.59 Å². The fourth-order valence-electron chi connectivity index (χ4n) is 2.86. The molecule has 6 nitrogen and oxygen atoms in total. The average molecular weight is 316 g/mol. The highest BCUT2D eigenvalue weighted by molar-refractivity contribution is 6.39. The predicted octanol–water partition coefficient (Wildman–Crippen LogP) is 2.11. The van der Waals surface area contributed by atoms with Crippen molar-refractivity contribution in [2.24, 2.45) is 5.92 Å². The third-order valence-electron chi connectivity index (χ3n) is 4.22. The molecule has 0 unspecified atom stereocenters. The maximum Gasteiger partial charge on any atom is 0.313 e. The maximum atomic E-state index is 12.5. The van der Waals surface area contributed by atoms with Crippen molar-refractivity contribution >= 4 is 23.3 Å². The molecule has 0 saturated carbocycles. The van der Waals surface area contributed by atoms with Gasteiger partial charge in [0, 0.05) is 6.54 Å². The Morgan fingerprint density at radius 1 is 1.43 bits per heavy atom. The van der Waals surface area contributed by atoms with Gasteiger partial charge in [0.05, 0.1) is 17.9 Å². The molecule has 1 aromatic heterocycles. The monoisotopic (exact) mass is 316 g/mol. The zero-order chi connectivity index (χ0) is 17.1. The van der Waals surface area contributed by atoms with Crippen LogP contribution in [0.4, 0.5) is 11.5 Å². The molecule has 0 radical (unpaired) electrons. The number of pyridine rings is 1. The van der Waals surface area contributed by atoms with Gasteiger partial charge in [0.15, 0.2) is 0 Å². The van der Waals surface area contributed by atoms with E-state index in [1.165, 1.54) is 6.20 Å². The van der Waals surface area contributed by atoms with Gasteiger partial charge in [-0.3, -0.25) is 9.59 Å². The number of nitrogen functional groups attached to an aromatic ring is 1. The first-order valence-corrected chi connectivity index (χ1v) is 7.79. The molecule has 3 N–H and O–H groups in total. The summed E-state index contributed by atoms with van der Waals surface area (Å²) in [6, 6.07) is 1.62. The molecule has 2 rings (SSSR count). The molecule has 1 aliphatic rings. The number of rotatable bonds is 2. The van der Waals surface area contributed by atoms with E-state index in [4.69, 9.17) is 5.73 Å². The molecule has 124 valence electrons. The zero-order valence-electron chi connectivity index (χ0n) is 13.9. The van der Waals surface area contributed by atoms with Crippen LogP contribution in [0.15, 0.2) is 24.4 Å². The number of nitrogens with one attached hydrogen (secondary N) is 1. The maximum absolute atomic E-state index is 12.5. The lowest BCUT2D eigenvalue weighted by Crippen LogP contribution is -2.50. The largest absolute Gasteiger partial charge is 0.383 e. The predicted molar refractivity (Wildman–Crippen MR) is 90.7 cm³/mol. The van der Waals surface area contributed by atoms with E-state index in [0.29, 0.717) is 24.0 Å². The van der Waals surface area contributed by atoms with Crippen LogP contribution in [0.3, 0.4) is 0 Å². The van der Waals surface area contributed by atoms with Crippen LogP contribution in [0.5, 0.6) is 0 Å². The van der Waals surface area contributed by atoms with Gasteiger partial charge < -0.3 is 16.0 Å². The molecule has 2 atom stereocenters. The lowest BCUT2D eigenvalue weighted by molar-refractivity contribution is -0.145. The first kappa shape index (κ1) is 17.0. The number of likely N-dealkylation sites (tertiary alicyclic amines) is 1. The number of carbonyl (C=O) groups is 2. The van der Waals surface area contributed by atoms with E-state index in [2.05, 4.69) is 23.8 Å². The van der Waals surface area contributed by atoms with Crippen molar-refractivity contribution in [3.63, 3.8) is 0 Å². The molecule has 1 aliphatic heterocycles. The Morgan fingerprint density at radius 2 is 2.13 bits per heavy atom. The lowest BCUT2D eigenvalue weighted by Gasteiger charge is -2.38. The van der Waals surface area contributed by atoms with Gasteiger partial charge in [-0.2, -0.15) is 0 Å². The number of aromatic nitrogens is 1. The second-order valence-corrected chi connectivity index (χ2v) is 6.38. The molecule has 0 bridgehead atoms. The van der Waals surface area contributed by atoms with Gasteiger partial charge in [0.25, 0.3) is 0 Å². The quantitative estimate of drug-likeness (QED) is 0.646. The van der Waals surface area contributed by atoms with Crippen molar-refractivity contribution in [2.75, 3.05) is 17.6 Å². The summed E-state index contributed by atoms with van der Waals surface area (Å²) in [4.78, 5) is 30.4. The SMILES string of the molecule is C=C(C)[C@@H]1CC[C@@H](C)CN1C(=O)C(=O)Nc1cnc(N)c(C)c1. The van der Waals surface area contributed by atoms with Crippen molar-refractivity contribution in [1.82, 2.24) is 9.88 Å². The van der Waals surface area contributed by atoms with E-state index in [1.807, 2.05) is 6.92 Å². The van der Waals surface area contributed by atoms with Crippen LogP contribution in [-0.4, -0.2) is 34.3 Å². The summed E-state index contributed by atoms with van der Waals surface area (Å²) in [6.45, 7) is 10.3. The molecule has 0 aliphatic carbocycles. The van der Waals surface area contributed by atoms with Gasteiger partial charge in [-0.05, 0) is 44.2 Å². The number of piperidine rings is 1. The van der Waals surface area contributed by atoms with Gasteiger partial charge in [-0.25, -0.2) is 4.98 Å². The van der Waals surface area contributed by atoms with Gasteiger partial charge in [-0.1, -0.05) is 19.1 Å². The number of carbonyl (C=O) groups excluding carboxylic acids is 2. The number of hydrogen-bond acceptors (Lipinski definition) is 4. The molecule has 1 aromatic rings. The Bertz CT molecular complexity index is 641. The van der Waals surface area contributed by atoms with Crippen LogP contribution in [0, 0.1) is 12.8 Å². The number of anilines is 2. The van der Waals surface area contributed by atoms with Crippen LogP contribution in [0.25, 0.3) is 0 Å².